The molecular formula is C19H28N2O4. The van der Waals surface area contributed by atoms with Crippen LogP contribution in [-0.2, 0) is 20.8 Å². The third kappa shape index (κ3) is 4.95. The van der Waals surface area contributed by atoms with Gasteiger partial charge >= 0.3 is 12.1 Å². The predicted molar refractivity (Wildman–Crippen MR) is 95.1 cm³/mol. The van der Waals surface area contributed by atoms with E-state index in [1.54, 1.807) is 0 Å². The number of likely N-dealkylation sites (tertiary alicyclic amines) is 1. The van der Waals surface area contributed by atoms with Crippen LogP contribution in [0.4, 0.5) is 4.79 Å². The number of methoxy groups -OCH3 is 1. The van der Waals surface area contributed by atoms with E-state index in [1.807, 2.05) is 58.2 Å². The molecule has 138 valence electrons. The largest absolute Gasteiger partial charge is 0.467 e. The van der Waals surface area contributed by atoms with E-state index < -0.39 is 23.7 Å². The minimum absolute atomic E-state index is 0.111. The number of nitrogens with zero attached hydrogens (tertiary/aromatic N) is 2. The standard InChI is InChI=1S/C19H28N2O4/c1-19(2,3)25-18(23)21-12-11-15(16(21)17(22)24-5)20(4)13-14-9-7-6-8-10-14/h6-10,15-16H,11-13H2,1-5H3/t15-,16+/m1/s1. The van der Waals surface area contributed by atoms with Gasteiger partial charge in [-0.1, -0.05) is 30.3 Å². The molecule has 1 amide bonds. The summed E-state index contributed by atoms with van der Waals surface area (Å²) in [5.74, 6) is -0.409. The molecule has 2 rings (SSSR count). The van der Waals surface area contributed by atoms with Crippen LogP contribution in [0.1, 0.15) is 32.8 Å². The van der Waals surface area contributed by atoms with Crippen molar-refractivity contribution < 1.29 is 19.1 Å². The summed E-state index contributed by atoms with van der Waals surface area (Å²) in [6.45, 7) is 6.60. The van der Waals surface area contributed by atoms with Crippen LogP contribution in [0.25, 0.3) is 0 Å². The molecule has 0 N–H and O–H groups in total. The highest BCUT2D eigenvalue weighted by atomic mass is 16.6. The third-order valence-corrected chi connectivity index (χ3v) is 4.28. The molecule has 0 aliphatic carbocycles. The number of amides is 1. The average molecular weight is 348 g/mol. The molecule has 6 heteroatoms. The number of carbonyl (C=O) groups excluding carboxylic acids is 2. The number of benzene rings is 1. The van der Waals surface area contributed by atoms with E-state index in [9.17, 15) is 9.59 Å². The number of esters is 1. The summed E-state index contributed by atoms with van der Waals surface area (Å²) in [5.41, 5.74) is 0.551. The Bertz CT molecular complexity index is 597. The van der Waals surface area contributed by atoms with Gasteiger partial charge in [0.05, 0.1) is 7.11 Å². The maximum Gasteiger partial charge on any atom is 0.411 e. The normalized spacial score (nSPS) is 20.6. The van der Waals surface area contributed by atoms with E-state index in [2.05, 4.69) is 4.90 Å². The van der Waals surface area contributed by atoms with Crippen molar-refractivity contribution in [2.75, 3.05) is 20.7 Å². The zero-order valence-corrected chi connectivity index (χ0v) is 15.7. The minimum Gasteiger partial charge on any atom is -0.467 e. The molecule has 25 heavy (non-hydrogen) atoms. The average Bonchev–Trinajstić information content (AvgIpc) is 2.98. The van der Waals surface area contributed by atoms with Crippen molar-refractivity contribution in [3.8, 4) is 0 Å². The summed E-state index contributed by atoms with van der Waals surface area (Å²) in [6, 6.07) is 9.27. The van der Waals surface area contributed by atoms with E-state index in [0.29, 0.717) is 19.5 Å². The van der Waals surface area contributed by atoms with Crippen LogP contribution in [0.2, 0.25) is 0 Å². The monoisotopic (exact) mass is 348 g/mol. The van der Waals surface area contributed by atoms with Gasteiger partial charge in [-0.25, -0.2) is 9.59 Å². The van der Waals surface area contributed by atoms with Crippen LogP contribution in [0.3, 0.4) is 0 Å². The highest BCUT2D eigenvalue weighted by Gasteiger charge is 2.45. The first-order valence-corrected chi connectivity index (χ1v) is 8.54. The van der Waals surface area contributed by atoms with E-state index in [0.717, 1.165) is 5.56 Å². The summed E-state index contributed by atoms with van der Waals surface area (Å²) in [4.78, 5) is 28.4. The Morgan fingerprint density at radius 2 is 1.88 bits per heavy atom. The Hall–Kier alpha value is -2.08. The predicted octanol–water partition coefficient (Wildman–Crippen LogP) is 2.67. The fraction of sp³-hybridized carbons (Fsp3) is 0.579. The van der Waals surface area contributed by atoms with Crippen molar-refractivity contribution in [3.05, 3.63) is 35.9 Å². The van der Waals surface area contributed by atoms with E-state index in [4.69, 9.17) is 9.47 Å². The first-order chi connectivity index (χ1) is 11.7. The lowest BCUT2D eigenvalue weighted by atomic mass is 10.1. The van der Waals surface area contributed by atoms with Gasteiger partial charge < -0.3 is 9.47 Å². The van der Waals surface area contributed by atoms with Crippen molar-refractivity contribution in [1.82, 2.24) is 9.80 Å². The number of likely N-dealkylation sites (N-methyl/N-ethyl adjacent to an activating group) is 1. The summed E-state index contributed by atoms with van der Waals surface area (Å²) in [6.07, 6.45) is 0.223. The van der Waals surface area contributed by atoms with Crippen molar-refractivity contribution in [2.24, 2.45) is 0 Å². The second kappa shape index (κ2) is 7.87. The molecule has 0 bridgehead atoms. The molecular weight excluding hydrogens is 320 g/mol. The maximum atomic E-state index is 12.5. The Balaban J connectivity index is 2.15. The molecule has 1 saturated heterocycles. The quantitative estimate of drug-likeness (QED) is 0.783. The van der Waals surface area contributed by atoms with Crippen molar-refractivity contribution in [2.45, 2.75) is 51.4 Å². The van der Waals surface area contributed by atoms with E-state index in [1.165, 1.54) is 12.0 Å². The van der Waals surface area contributed by atoms with Gasteiger partial charge in [-0.2, -0.15) is 0 Å². The molecule has 1 heterocycles. The van der Waals surface area contributed by atoms with E-state index >= 15 is 0 Å². The van der Waals surface area contributed by atoms with E-state index in [-0.39, 0.29) is 6.04 Å². The molecule has 1 aromatic carbocycles. The Kier molecular flexibility index (Phi) is 6.06. The van der Waals surface area contributed by atoms with Gasteiger partial charge in [-0.3, -0.25) is 9.80 Å². The van der Waals surface area contributed by atoms with Gasteiger partial charge in [-0.05, 0) is 39.8 Å². The molecule has 1 fully saturated rings. The number of rotatable bonds is 4. The van der Waals surface area contributed by atoms with Crippen LogP contribution >= 0.6 is 0 Å². The van der Waals surface area contributed by atoms with Crippen molar-refractivity contribution >= 4 is 12.1 Å². The summed E-state index contributed by atoms with van der Waals surface area (Å²) in [5, 5.41) is 0. The fourth-order valence-electron chi connectivity index (χ4n) is 3.16. The van der Waals surface area contributed by atoms with Crippen LogP contribution in [0, 0.1) is 0 Å². The summed E-state index contributed by atoms with van der Waals surface area (Å²) in [7, 11) is 3.31. The highest BCUT2D eigenvalue weighted by Crippen LogP contribution is 2.26. The molecule has 0 saturated carbocycles. The first kappa shape index (κ1) is 19.2. The van der Waals surface area contributed by atoms with Crippen LogP contribution in [-0.4, -0.2) is 60.2 Å². The molecule has 0 unspecified atom stereocenters. The van der Waals surface area contributed by atoms with Gasteiger partial charge in [0.15, 0.2) is 0 Å². The lowest BCUT2D eigenvalue weighted by Gasteiger charge is -2.32. The van der Waals surface area contributed by atoms with Gasteiger partial charge in [-0.15, -0.1) is 0 Å². The molecule has 0 aromatic heterocycles. The van der Waals surface area contributed by atoms with Gasteiger partial charge in [0.1, 0.15) is 11.6 Å². The molecule has 1 aliphatic rings. The number of hydrogen-bond acceptors (Lipinski definition) is 5. The summed E-state index contributed by atoms with van der Waals surface area (Å²) < 4.78 is 10.4. The Morgan fingerprint density at radius 3 is 2.44 bits per heavy atom. The molecule has 1 aliphatic heterocycles. The van der Waals surface area contributed by atoms with Crippen LogP contribution in [0.15, 0.2) is 30.3 Å². The van der Waals surface area contributed by atoms with Crippen LogP contribution in [0.5, 0.6) is 0 Å². The van der Waals surface area contributed by atoms with Crippen molar-refractivity contribution in [1.29, 1.82) is 0 Å². The van der Waals surface area contributed by atoms with Gasteiger partial charge in [0.2, 0.25) is 0 Å². The number of carbonyl (C=O) groups is 2. The van der Waals surface area contributed by atoms with Gasteiger partial charge in [0.25, 0.3) is 0 Å². The Morgan fingerprint density at radius 1 is 1.24 bits per heavy atom. The number of ether oxygens (including phenoxy) is 2. The molecule has 2 atom stereocenters. The zero-order valence-electron chi connectivity index (χ0n) is 15.7. The summed E-state index contributed by atoms with van der Waals surface area (Å²) >= 11 is 0. The van der Waals surface area contributed by atoms with Gasteiger partial charge in [0, 0.05) is 19.1 Å². The molecule has 0 radical (unpaired) electrons. The zero-order chi connectivity index (χ0) is 18.6. The van der Waals surface area contributed by atoms with Crippen molar-refractivity contribution in [3.63, 3.8) is 0 Å². The first-order valence-electron chi connectivity index (χ1n) is 8.54. The minimum atomic E-state index is -0.659. The smallest absolute Gasteiger partial charge is 0.411 e. The third-order valence-electron chi connectivity index (χ3n) is 4.28. The number of hydrogen-bond donors (Lipinski definition) is 0. The fourth-order valence-corrected chi connectivity index (χ4v) is 3.16. The second-order valence-corrected chi connectivity index (χ2v) is 7.40. The molecule has 1 aromatic rings. The second-order valence-electron chi connectivity index (χ2n) is 7.40. The topological polar surface area (TPSA) is 59.1 Å². The SMILES string of the molecule is COC(=O)[C@@H]1[C@H](N(C)Cc2ccccc2)CCN1C(=O)OC(C)(C)C. The highest BCUT2D eigenvalue weighted by molar-refractivity contribution is 5.83. The maximum absolute atomic E-state index is 12.5. The lowest BCUT2D eigenvalue weighted by molar-refractivity contribution is -0.147. The van der Waals surface area contributed by atoms with Crippen LogP contribution < -0.4 is 0 Å². The molecule has 6 nitrogen and oxygen atoms in total. The lowest BCUT2D eigenvalue weighted by Crippen LogP contribution is -2.51. The molecule has 0 spiro atoms. The Labute approximate surface area is 149 Å².